The monoisotopic (exact) mass is 214 g/mol. The lowest BCUT2D eigenvalue weighted by Gasteiger charge is -2.32. The molecule has 1 aliphatic rings. The molecule has 0 spiro atoms. The molecule has 0 atom stereocenters. The van der Waals surface area contributed by atoms with E-state index in [0.717, 1.165) is 32.7 Å². The van der Waals surface area contributed by atoms with Crippen molar-refractivity contribution in [3.8, 4) is 0 Å². The molecule has 1 rings (SSSR count). The van der Waals surface area contributed by atoms with Gasteiger partial charge in [0.25, 0.3) is 0 Å². The number of amides is 1. The maximum atomic E-state index is 11.3. The van der Waals surface area contributed by atoms with Gasteiger partial charge in [-0.05, 0) is 7.05 Å². The molecule has 1 fully saturated rings. The summed E-state index contributed by atoms with van der Waals surface area (Å²) in [6.07, 6.45) is 0.569. The van der Waals surface area contributed by atoms with E-state index >= 15 is 0 Å². The second-order valence-corrected chi connectivity index (χ2v) is 4.24. The molecule has 1 saturated heterocycles. The summed E-state index contributed by atoms with van der Waals surface area (Å²) < 4.78 is 0. The summed E-state index contributed by atoms with van der Waals surface area (Å²) >= 11 is 0. The number of likely N-dealkylation sites (N-methyl/N-ethyl adjacent to an activating group) is 1. The molecule has 0 bridgehead atoms. The predicted octanol–water partition coefficient (Wildman–Crippen LogP) is -0.783. The molecule has 1 N–H and O–H groups in total. The van der Waals surface area contributed by atoms with Crippen molar-refractivity contribution < 1.29 is 4.79 Å². The first-order valence-electron chi connectivity index (χ1n) is 5.46. The minimum atomic E-state index is 0.177. The average molecular weight is 214 g/mol. The van der Waals surface area contributed by atoms with Crippen LogP contribution in [-0.4, -0.2) is 74.6 Å². The van der Waals surface area contributed by atoms with Crippen LogP contribution in [0.25, 0.3) is 0 Å². The van der Waals surface area contributed by atoms with E-state index in [2.05, 4.69) is 22.4 Å². The largest absolute Gasteiger partial charge is 0.349 e. The third kappa shape index (κ3) is 4.59. The van der Waals surface area contributed by atoms with Crippen molar-refractivity contribution in [1.29, 1.82) is 0 Å². The summed E-state index contributed by atoms with van der Waals surface area (Å²) in [5, 5.41) is 2.20. The SMILES string of the molecule is CN1CCN(NCCC(=O)N(C)C)CC1. The van der Waals surface area contributed by atoms with Gasteiger partial charge in [0.2, 0.25) is 5.91 Å². The Labute approximate surface area is 92.0 Å². The van der Waals surface area contributed by atoms with E-state index in [1.165, 1.54) is 0 Å². The minimum absolute atomic E-state index is 0.177. The molecular formula is C10H22N4O. The summed E-state index contributed by atoms with van der Waals surface area (Å²) in [6, 6.07) is 0. The molecule has 88 valence electrons. The fraction of sp³-hybridized carbons (Fsp3) is 0.900. The molecule has 1 aliphatic heterocycles. The first-order chi connectivity index (χ1) is 7.09. The highest BCUT2D eigenvalue weighted by Gasteiger charge is 2.13. The molecule has 0 radical (unpaired) electrons. The summed E-state index contributed by atoms with van der Waals surface area (Å²) in [5.41, 5.74) is 3.29. The van der Waals surface area contributed by atoms with E-state index in [1.54, 1.807) is 19.0 Å². The summed E-state index contributed by atoms with van der Waals surface area (Å²) in [4.78, 5) is 15.2. The Bertz CT molecular complexity index is 200. The normalized spacial score (nSPS) is 19.1. The van der Waals surface area contributed by atoms with Gasteiger partial charge in [0.15, 0.2) is 0 Å². The summed E-state index contributed by atoms with van der Waals surface area (Å²) in [5.74, 6) is 0.177. The van der Waals surface area contributed by atoms with E-state index in [0.29, 0.717) is 6.42 Å². The highest BCUT2D eigenvalue weighted by atomic mass is 16.2. The van der Waals surface area contributed by atoms with Gasteiger partial charge in [-0.15, -0.1) is 0 Å². The van der Waals surface area contributed by atoms with Crippen LogP contribution in [0, 0.1) is 0 Å². The number of nitrogens with zero attached hydrogens (tertiary/aromatic N) is 3. The summed E-state index contributed by atoms with van der Waals surface area (Å²) in [6.45, 7) is 4.99. The van der Waals surface area contributed by atoms with Crippen molar-refractivity contribution in [2.24, 2.45) is 0 Å². The molecule has 1 amide bonds. The van der Waals surface area contributed by atoms with Gasteiger partial charge in [-0.3, -0.25) is 10.2 Å². The zero-order chi connectivity index (χ0) is 11.3. The predicted molar refractivity (Wildman–Crippen MR) is 60.4 cm³/mol. The Morgan fingerprint density at radius 1 is 1.27 bits per heavy atom. The molecule has 5 heteroatoms. The van der Waals surface area contributed by atoms with Crippen LogP contribution in [0.1, 0.15) is 6.42 Å². The molecule has 0 unspecified atom stereocenters. The van der Waals surface area contributed by atoms with Crippen molar-refractivity contribution in [2.45, 2.75) is 6.42 Å². The number of hydrazine groups is 1. The average Bonchev–Trinajstić information content (AvgIpc) is 2.20. The Hall–Kier alpha value is -0.650. The smallest absolute Gasteiger partial charge is 0.223 e. The number of hydrogen-bond acceptors (Lipinski definition) is 4. The van der Waals surface area contributed by atoms with Gasteiger partial charge in [0.05, 0.1) is 0 Å². The molecule has 0 aliphatic carbocycles. The van der Waals surface area contributed by atoms with Gasteiger partial charge in [0.1, 0.15) is 0 Å². The molecule has 0 saturated carbocycles. The van der Waals surface area contributed by atoms with E-state index in [1.807, 2.05) is 0 Å². The van der Waals surface area contributed by atoms with Crippen molar-refractivity contribution in [3.63, 3.8) is 0 Å². The molecular weight excluding hydrogens is 192 g/mol. The zero-order valence-corrected chi connectivity index (χ0v) is 9.99. The number of hydrogen-bond donors (Lipinski definition) is 1. The Morgan fingerprint density at radius 3 is 2.40 bits per heavy atom. The molecule has 0 aromatic heterocycles. The number of carbonyl (C=O) groups is 1. The van der Waals surface area contributed by atoms with Gasteiger partial charge in [-0.1, -0.05) is 0 Å². The highest BCUT2D eigenvalue weighted by molar-refractivity contribution is 5.75. The van der Waals surface area contributed by atoms with Crippen molar-refractivity contribution in [3.05, 3.63) is 0 Å². The Morgan fingerprint density at radius 2 is 1.87 bits per heavy atom. The number of piperazine rings is 1. The van der Waals surface area contributed by atoms with Crippen molar-refractivity contribution in [1.82, 2.24) is 20.2 Å². The first kappa shape index (κ1) is 12.4. The lowest BCUT2D eigenvalue weighted by atomic mass is 10.3. The van der Waals surface area contributed by atoms with Crippen molar-refractivity contribution >= 4 is 5.91 Å². The van der Waals surface area contributed by atoms with Crippen LogP contribution in [-0.2, 0) is 4.79 Å². The second kappa shape index (κ2) is 6.05. The zero-order valence-electron chi connectivity index (χ0n) is 9.99. The van der Waals surface area contributed by atoms with E-state index in [-0.39, 0.29) is 5.91 Å². The van der Waals surface area contributed by atoms with Crippen LogP contribution < -0.4 is 5.43 Å². The number of carbonyl (C=O) groups excluding carboxylic acids is 1. The Kier molecular flexibility index (Phi) is 5.01. The molecule has 0 aromatic carbocycles. The van der Waals surface area contributed by atoms with Crippen LogP contribution in [0.3, 0.4) is 0 Å². The quantitative estimate of drug-likeness (QED) is 0.666. The van der Waals surface area contributed by atoms with Crippen LogP contribution in [0.4, 0.5) is 0 Å². The number of nitrogens with one attached hydrogen (secondary N) is 1. The van der Waals surface area contributed by atoms with Crippen LogP contribution in [0.5, 0.6) is 0 Å². The molecule has 15 heavy (non-hydrogen) atoms. The minimum Gasteiger partial charge on any atom is -0.349 e. The van der Waals surface area contributed by atoms with Gasteiger partial charge in [-0.25, -0.2) is 5.01 Å². The van der Waals surface area contributed by atoms with Gasteiger partial charge < -0.3 is 9.80 Å². The highest BCUT2D eigenvalue weighted by Crippen LogP contribution is 1.95. The van der Waals surface area contributed by atoms with Crippen molar-refractivity contribution in [2.75, 3.05) is 53.9 Å². The van der Waals surface area contributed by atoms with Gasteiger partial charge in [0, 0.05) is 53.2 Å². The standard InChI is InChI=1S/C10H22N4O/c1-12(2)10(15)4-5-11-14-8-6-13(3)7-9-14/h11H,4-9H2,1-3H3. The third-order valence-electron chi connectivity index (χ3n) is 2.68. The molecule has 1 heterocycles. The number of rotatable bonds is 4. The summed E-state index contributed by atoms with van der Waals surface area (Å²) in [7, 11) is 5.71. The van der Waals surface area contributed by atoms with Gasteiger partial charge >= 0.3 is 0 Å². The topological polar surface area (TPSA) is 38.8 Å². The Balaban J connectivity index is 2.08. The van der Waals surface area contributed by atoms with E-state index in [9.17, 15) is 4.79 Å². The lowest BCUT2D eigenvalue weighted by molar-refractivity contribution is -0.128. The third-order valence-corrected chi connectivity index (χ3v) is 2.68. The fourth-order valence-corrected chi connectivity index (χ4v) is 1.51. The first-order valence-corrected chi connectivity index (χ1v) is 5.46. The maximum absolute atomic E-state index is 11.3. The fourth-order valence-electron chi connectivity index (χ4n) is 1.51. The van der Waals surface area contributed by atoms with E-state index < -0.39 is 0 Å². The van der Waals surface area contributed by atoms with Crippen LogP contribution in [0.2, 0.25) is 0 Å². The van der Waals surface area contributed by atoms with Gasteiger partial charge in [-0.2, -0.15) is 0 Å². The van der Waals surface area contributed by atoms with E-state index in [4.69, 9.17) is 0 Å². The molecule has 0 aromatic rings. The van der Waals surface area contributed by atoms with Crippen LogP contribution >= 0.6 is 0 Å². The second-order valence-electron chi connectivity index (χ2n) is 4.24. The maximum Gasteiger partial charge on any atom is 0.223 e. The van der Waals surface area contributed by atoms with Crippen LogP contribution in [0.15, 0.2) is 0 Å². The lowest BCUT2D eigenvalue weighted by Crippen LogP contribution is -2.51. The molecule has 5 nitrogen and oxygen atoms in total.